The first-order valence-corrected chi connectivity index (χ1v) is 4.25. The molecule has 0 bridgehead atoms. The van der Waals surface area contributed by atoms with Gasteiger partial charge in [0.1, 0.15) is 5.82 Å². The molecule has 0 spiro atoms. The number of anilines is 1. The molecule has 0 atom stereocenters. The molecule has 84 valence electrons. The van der Waals surface area contributed by atoms with E-state index in [9.17, 15) is 8.78 Å². The van der Waals surface area contributed by atoms with Gasteiger partial charge in [-0.05, 0) is 0 Å². The van der Waals surface area contributed by atoms with Crippen LogP contribution >= 0.6 is 0 Å². The molecule has 5 nitrogen and oxygen atoms in total. The summed E-state index contributed by atoms with van der Waals surface area (Å²) >= 11 is 0. The van der Waals surface area contributed by atoms with Crippen LogP contribution in [0, 0.1) is 0 Å². The van der Waals surface area contributed by atoms with Crippen molar-refractivity contribution in [2.45, 2.75) is 5.92 Å². The summed E-state index contributed by atoms with van der Waals surface area (Å²) in [5, 5.41) is 2.43. The Balaban J connectivity index is 2.57. The first-order valence-electron chi connectivity index (χ1n) is 4.25. The molecule has 0 unspecified atom stereocenters. The van der Waals surface area contributed by atoms with Gasteiger partial charge in [0.15, 0.2) is 0 Å². The minimum Gasteiger partial charge on any atom is -0.480 e. The maximum Gasteiger partial charge on any atom is 0.276 e. The molecule has 3 N–H and O–H groups in total. The summed E-state index contributed by atoms with van der Waals surface area (Å²) in [4.78, 5) is 7.61. The molecule has 0 aromatic carbocycles. The van der Waals surface area contributed by atoms with Gasteiger partial charge >= 0.3 is 0 Å². The Bertz CT molecular complexity index is 321. The molecule has 1 aromatic rings. The predicted octanol–water partition coefficient (Wildman–Crippen LogP) is 0.491. The average molecular weight is 218 g/mol. The lowest BCUT2D eigenvalue weighted by atomic mass is 10.3. The average Bonchev–Trinajstić information content (AvgIpc) is 2.27. The molecule has 0 aliphatic rings. The van der Waals surface area contributed by atoms with Crippen molar-refractivity contribution >= 4 is 5.82 Å². The van der Waals surface area contributed by atoms with Crippen molar-refractivity contribution in [2.24, 2.45) is 5.73 Å². The highest BCUT2D eigenvalue weighted by Gasteiger charge is 2.26. The van der Waals surface area contributed by atoms with Crippen LogP contribution in [0.1, 0.15) is 0 Å². The number of alkyl halides is 2. The largest absolute Gasteiger partial charge is 0.480 e. The molecule has 1 aromatic heterocycles. The van der Waals surface area contributed by atoms with Gasteiger partial charge < -0.3 is 15.8 Å². The number of hydrogen-bond donors (Lipinski definition) is 2. The zero-order chi connectivity index (χ0) is 11.3. The molecule has 0 radical (unpaired) electrons. The van der Waals surface area contributed by atoms with E-state index in [4.69, 9.17) is 10.5 Å². The molecule has 0 saturated heterocycles. The summed E-state index contributed by atoms with van der Waals surface area (Å²) in [7, 11) is 1.42. The van der Waals surface area contributed by atoms with E-state index in [0.717, 1.165) is 0 Å². The third-order valence-electron chi connectivity index (χ3n) is 1.65. The van der Waals surface area contributed by atoms with Gasteiger partial charge in [-0.25, -0.2) is 8.78 Å². The predicted molar refractivity (Wildman–Crippen MR) is 51.1 cm³/mol. The van der Waals surface area contributed by atoms with Crippen LogP contribution in [0.2, 0.25) is 0 Å². The highest BCUT2D eigenvalue weighted by atomic mass is 19.3. The summed E-state index contributed by atoms with van der Waals surface area (Å²) in [6.45, 7) is -1.29. The number of halogens is 2. The quantitative estimate of drug-likeness (QED) is 0.752. The molecule has 0 aliphatic heterocycles. The number of hydrogen-bond acceptors (Lipinski definition) is 5. The highest BCUT2D eigenvalue weighted by Crippen LogP contribution is 2.13. The third-order valence-corrected chi connectivity index (χ3v) is 1.65. The fourth-order valence-corrected chi connectivity index (χ4v) is 0.824. The Morgan fingerprint density at radius 2 is 2.27 bits per heavy atom. The Morgan fingerprint density at radius 1 is 1.53 bits per heavy atom. The van der Waals surface area contributed by atoms with Gasteiger partial charge in [0, 0.05) is 0 Å². The van der Waals surface area contributed by atoms with Crippen molar-refractivity contribution in [1.29, 1.82) is 0 Å². The molecule has 1 heterocycles. The monoisotopic (exact) mass is 218 g/mol. The molecule has 0 aliphatic carbocycles. The molecule has 7 heteroatoms. The summed E-state index contributed by atoms with van der Waals surface area (Å²) in [5.74, 6) is -2.47. The zero-order valence-electron chi connectivity index (χ0n) is 8.20. The minimum absolute atomic E-state index is 0.225. The van der Waals surface area contributed by atoms with E-state index in [1.165, 1.54) is 19.5 Å². The second-order valence-corrected chi connectivity index (χ2v) is 2.86. The second-order valence-electron chi connectivity index (χ2n) is 2.86. The SMILES string of the molecule is COc1cncc(NCC(F)(F)CN)n1. The van der Waals surface area contributed by atoms with E-state index in [2.05, 4.69) is 15.3 Å². The van der Waals surface area contributed by atoms with Crippen molar-refractivity contribution in [1.82, 2.24) is 9.97 Å². The standard InChI is InChI=1S/C8H12F2N4O/c1-15-7-3-12-2-6(14-7)13-5-8(9,10)4-11/h2-3H,4-5,11H2,1H3,(H,13,14). The van der Waals surface area contributed by atoms with Crippen LogP contribution < -0.4 is 15.8 Å². The lowest BCUT2D eigenvalue weighted by Crippen LogP contribution is -2.35. The second kappa shape index (κ2) is 4.83. The Kier molecular flexibility index (Phi) is 3.73. The van der Waals surface area contributed by atoms with Gasteiger partial charge in [-0.3, -0.25) is 4.98 Å². The van der Waals surface area contributed by atoms with E-state index in [-0.39, 0.29) is 11.7 Å². The Morgan fingerprint density at radius 3 is 2.87 bits per heavy atom. The smallest absolute Gasteiger partial charge is 0.276 e. The van der Waals surface area contributed by atoms with E-state index in [0.29, 0.717) is 0 Å². The van der Waals surface area contributed by atoms with Gasteiger partial charge in [-0.2, -0.15) is 4.98 Å². The topological polar surface area (TPSA) is 73.1 Å². The van der Waals surface area contributed by atoms with Crippen LogP contribution in [0.5, 0.6) is 5.88 Å². The lowest BCUT2D eigenvalue weighted by molar-refractivity contribution is 0.0253. The van der Waals surface area contributed by atoms with Crippen molar-refractivity contribution in [2.75, 3.05) is 25.5 Å². The van der Waals surface area contributed by atoms with Crippen LogP contribution in [-0.4, -0.2) is 36.1 Å². The molecule has 0 saturated carbocycles. The number of nitrogens with zero attached hydrogens (tertiary/aromatic N) is 2. The first-order chi connectivity index (χ1) is 7.07. The van der Waals surface area contributed by atoms with Crippen LogP contribution in [0.15, 0.2) is 12.4 Å². The fraction of sp³-hybridized carbons (Fsp3) is 0.500. The normalized spacial score (nSPS) is 11.2. The van der Waals surface area contributed by atoms with Crippen LogP contribution in [-0.2, 0) is 0 Å². The van der Waals surface area contributed by atoms with Crippen molar-refractivity contribution < 1.29 is 13.5 Å². The number of nitrogens with one attached hydrogen (secondary N) is 1. The van der Waals surface area contributed by atoms with Crippen molar-refractivity contribution in [3.8, 4) is 5.88 Å². The van der Waals surface area contributed by atoms with Crippen LogP contribution in [0.4, 0.5) is 14.6 Å². The summed E-state index contributed by atoms with van der Waals surface area (Å²) in [6.07, 6.45) is 2.71. The first kappa shape index (κ1) is 11.6. The summed E-state index contributed by atoms with van der Waals surface area (Å²) < 4.78 is 30.3. The van der Waals surface area contributed by atoms with Crippen molar-refractivity contribution in [3.63, 3.8) is 0 Å². The summed E-state index contributed by atoms with van der Waals surface area (Å²) in [6, 6.07) is 0. The highest BCUT2D eigenvalue weighted by molar-refractivity contribution is 5.33. The maximum atomic E-state index is 12.8. The van der Waals surface area contributed by atoms with Crippen molar-refractivity contribution in [3.05, 3.63) is 12.4 Å². The van der Waals surface area contributed by atoms with E-state index >= 15 is 0 Å². The number of ether oxygens (including phenoxy) is 1. The molecule has 0 amide bonds. The minimum atomic E-state index is -2.95. The number of methoxy groups -OCH3 is 1. The van der Waals surface area contributed by atoms with E-state index < -0.39 is 19.0 Å². The number of aromatic nitrogens is 2. The van der Waals surface area contributed by atoms with Gasteiger partial charge in [0.2, 0.25) is 5.88 Å². The molecular weight excluding hydrogens is 206 g/mol. The Labute approximate surface area is 85.7 Å². The number of nitrogens with two attached hydrogens (primary N) is 1. The molecule has 15 heavy (non-hydrogen) atoms. The third kappa shape index (κ3) is 3.62. The van der Waals surface area contributed by atoms with Gasteiger partial charge in [-0.1, -0.05) is 0 Å². The zero-order valence-corrected chi connectivity index (χ0v) is 8.20. The summed E-state index contributed by atoms with van der Waals surface area (Å²) in [5.41, 5.74) is 4.88. The van der Waals surface area contributed by atoms with E-state index in [1.807, 2.05) is 0 Å². The number of rotatable bonds is 5. The fourth-order valence-electron chi connectivity index (χ4n) is 0.824. The Hall–Kier alpha value is -1.50. The lowest BCUT2D eigenvalue weighted by Gasteiger charge is -2.14. The molecule has 1 rings (SSSR count). The van der Waals surface area contributed by atoms with E-state index in [1.54, 1.807) is 0 Å². The van der Waals surface area contributed by atoms with Crippen LogP contribution in [0.3, 0.4) is 0 Å². The maximum absolute atomic E-state index is 12.8. The molecule has 0 fully saturated rings. The van der Waals surface area contributed by atoms with Gasteiger partial charge in [0.05, 0.1) is 32.6 Å². The molecular formula is C8H12F2N4O. The van der Waals surface area contributed by atoms with Gasteiger partial charge in [-0.15, -0.1) is 0 Å². The van der Waals surface area contributed by atoms with Crippen LogP contribution in [0.25, 0.3) is 0 Å². The van der Waals surface area contributed by atoms with Gasteiger partial charge in [0.25, 0.3) is 5.92 Å².